The van der Waals surface area contributed by atoms with Crippen molar-refractivity contribution in [2.75, 3.05) is 5.32 Å². The number of allylic oxidation sites excluding steroid dienone is 2. The minimum Gasteiger partial charge on any atom is -0.326 e. The zero-order valence-electron chi connectivity index (χ0n) is 12.4. The molecule has 1 unspecified atom stereocenters. The molecule has 1 rings (SSSR count). The molecule has 3 heteroatoms. The summed E-state index contributed by atoms with van der Waals surface area (Å²) in [5.74, 6) is 0.255. The van der Waals surface area contributed by atoms with Crippen LogP contribution in [-0.4, -0.2) is 5.91 Å². The minimum atomic E-state index is 0.115. The van der Waals surface area contributed by atoms with Gasteiger partial charge in [-0.3, -0.25) is 4.79 Å². The lowest BCUT2D eigenvalue weighted by atomic mass is 9.97. The Hall–Kier alpha value is -1.09. The van der Waals surface area contributed by atoms with Gasteiger partial charge in [0.1, 0.15) is 0 Å². The van der Waals surface area contributed by atoms with E-state index >= 15 is 0 Å². The third-order valence-electron chi connectivity index (χ3n) is 3.38. The second kappa shape index (κ2) is 9.76. The minimum absolute atomic E-state index is 0.115. The quantitative estimate of drug-likeness (QED) is 0.489. The highest BCUT2D eigenvalue weighted by Gasteiger charge is 2.15. The number of nitrogens with one attached hydrogen (secondary N) is 1. The Kier molecular flexibility index (Phi) is 8.28. The van der Waals surface area contributed by atoms with Gasteiger partial charge in [-0.1, -0.05) is 41.4 Å². The van der Waals surface area contributed by atoms with Crippen LogP contribution in [0.4, 0.5) is 5.69 Å². The molecule has 20 heavy (non-hydrogen) atoms. The van der Waals surface area contributed by atoms with Crippen LogP contribution in [0.2, 0.25) is 0 Å². The van der Waals surface area contributed by atoms with Crippen molar-refractivity contribution >= 4 is 27.5 Å². The van der Waals surface area contributed by atoms with Gasteiger partial charge >= 0.3 is 0 Å². The van der Waals surface area contributed by atoms with Crippen LogP contribution < -0.4 is 5.32 Å². The van der Waals surface area contributed by atoms with E-state index in [1.165, 1.54) is 0 Å². The third kappa shape index (κ3) is 6.38. The molecular weight excluding hydrogens is 314 g/mol. The Morgan fingerprint density at radius 1 is 1.30 bits per heavy atom. The molecule has 0 saturated carbocycles. The van der Waals surface area contributed by atoms with Crippen molar-refractivity contribution in [3.8, 4) is 0 Å². The number of benzene rings is 1. The fourth-order valence-corrected chi connectivity index (χ4v) is 2.38. The predicted molar refractivity (Wildman–Crippen MR) is 89.8 cm³/mol. The molecule has 1 aromatic rings. The normalized spacial score (nSPS) is 12.6. The predicted octanol–water partition coefficient (Wildman–Crippen LogP) is 5.55. The second-order valence-electron chi connectivity index (χ2n) is 4.95. The van der Waals surface area contributed by atoms with Crippen LogP contribution in [0.1, 0.15) is 46.0 Å². The molecule has 0 heterocycles. The number of carbonyl (C=O) groups excluding carboxylic acids is 1. The zero-order chi connectivity index (χ0) is 14.8. The fourth-order valence-electron chi connectivity index (χ4n) is 2.12. The van der Waals surface area contributed by atoms with Crippen molar-refractivity contribution < 1.29 is 4.79 Å². The molecule has 0 bridgehead atoms. The molecule has 2 nitrogen and oxygen atoms in total. The number of carbonyl (C=O) groups is 1. The molecule has 110 valence electrons. The monoisotopic (exact) mass is 337 g/mol. The SMILES string of the molecule is CC=CCCCCC(CC)C(=O)Nc1ccc(Br)cc1. The third-order valence-corrected chi connectivity index (χ3v) is 3.91. The highest BCUT2D eigenvalue weighted by atomic mass is 79.9. The number of hydrogen-bond acceptors (Lipinski definition) is 1. The molecule has 0 aromatic heterocycles. The largest absolute Gasteiger partial charge is 0.326 e. The summed E-state index contributed by atoms with van der Waals surface area (Å²) >= 11 is 3.39. The summed E-state index contributed by atoms with van der Waals surface area (Å²) in [6.07, 6.45) is 9.51. The van der Waals surface area contributed by atoms with Crippen LogP contribution in [0, 0.1) is 5.92 Å². The molecule has 0 spiro atoms. The summed E-state index contributed by atoms with van der Waals surface area (Å²) in [5.41, 5.74) is 0.866. The highest BCUT2D eigenvalue weighted by molar-refractivity contribution is 9.10. The smallest absolute Gasteiger partial charge is 0.227 e. The molecule has 0 saturated heterocycles. The van der Waals surface area contributed by atoms with E-state index in [1.807, 2.05) is 31.2 Å². The van der Waals surface area contributed by atoms with Crippen molar-refractivity contribution in [2.45, 2.75) is 46.0 Å². The second-order valence-corrected chi connectivity index (χ2v) is 5.87. The summed E-state index contributed by atoms with van der Waals surface area (Å²) in [5, 5.41) is 3.00. The summed E-state index contributed by atoms with van der Waals surface area (Å²) < 4.78 is 1.02. The lowest BCUT2D eigenvalue weighted by Gasteiger charge is -2.14. The standard InChI is InChI=1S/C17H24BrNO/c1-3-5-6-7-8-9-14(4-2)17(20)19-16-12-10-15(18)11-13-16/h3,5,10-14H,4,6-9H2,1-2H3,(H,19,20). The zero-order valence-corrected chi connectivity index (χ0v) is 13.9. The Bertz CT molecular complexity index is 425. The van der Waals surface area contributed by atoms with E-state index in [9.17, 15) is 4.79 Å². The first-order valence-corrected chi connectivity index (χ1v) is 8.14. The number of rotatable bonds is 8. The van der Waals surface area contributed by atoms with Crippen LogP contribution in [0.25, 0.3) is 0 Å². The first-order chi connectivity index (χ1) is 9.67. The average molecular weight is 338 g/mol. The average Bonchev–Trinajstić information content (AvgIpc) is 2.45. The van der Waals surface area contributed by atoms with Crippen LogP contribution in [0.3, 0.4) is 0 Å². The van der Waals surface area contributed by atoms with E-state index in [2.05, 4.69) is 40.3 Å². The Morgan fingerprint density at radius 2 is 2.00 bits per heavy atom. The van der Waals surface area contributed by atoms with E-state index in [1.54, 1.807) is 0 Å². The molecule has 0 fully saturated rings. The van der Waals surface area contributed by atoms with Crippen LogP contribution in [0.15, 0.2) is 40.9 Å². The summed E-state index contributed by atoms with van der Waals surface area (Å²) in [7, 11) is 0. The van der Waals surface area contributed by atoms with Crippen LogP contribution in [0.5, 0.6) is 0 Å². The summed E-state index contributed by atoms with van der Waals surface area (Å²) in [6, 6.07) is 7.71. The van der Waals surface area contributed by atoms with Crippen LogP contribution in [-0.2, 0) is 4.79 Å². The first-order valence-electron chi connectivity index (χ1n) is 7.35. The van der Waals surface area contributed by atoms with E-state index in [4.69, 9.17) is 0 Å². The number of anilines is 1. The summed E-state index contributed by atoms with van der Waals surface area (Å²) in [6.45, 7) is 4.12. The number of hydrogen-bond donors (Lipinski definition) is 1. The van der Waals surface area contributed by atoms with Gasteiger partial charge in [0.05, 0.1) is 0 Å². The van der Waals surface area contributed by atoms with Crippen molar-refractivity contribution in [1.29, 1.82) is 0 Å². The molecule has 0 aliphatic rings. The molecule has 1 aromatic carbocycles. The number of halogens is 1. The maximum atomic E-state index is 12.2. The first kappa shape index (κ1) is 17.0. The van der Waals surface area contributed by atoms with Gasteiger partial charge in [0.2, 0.25) is 5.91 Å². The van der Waals surface area contributed by atoms with E-state index in [0.717, 1.165) is 42.3 Å². The van der Waals surface area contributed by atoms with Gasteiger partial charge in [0.25, 0.3) is 0 Å². The van der Waals surface area contributed by atoms with Crippen molar-refractivity contribution in [2.24, 2.45) is 5.92 Å². The number of unbranched alkanes of at least 4 members (excludes halogenated alkanes) is 2. The molecular formula is C17H24BrNO. The van der Waals surface area contributed by atoms with Gasteiger partial charge < -0.3 is 5.32 Å². The van der Waals surface area contributed by atoms with Gasteiger partial charge in [-0.2, -0.15) is 0 Å². The summed E-state index contributed by atoms with van der Waals surface area (Å²) in [4.78, 5) is 12.2. The molecule has 1 N–H and O–H groups in total. The van der Waals surface area contributed by atoms with Gasteiger partial charge in [0, 0.05) is 16.1 Å². The topological polar surface area (TPSA) is 29.1 Å². The van der Waals surface area contributed by atoms with Crippen molar-refractivity contribution in [1.82, 2.24) is 0 Å². The molecule has 1 amide bonds. The van der Waals surface area contributed by atoms with E-state index < -0.39 is 0 Å². The molecule has 1 atom stereocenters. The molecule has 0 radical (unpaired) electrons. The van der Waals surface area contributed by atoms with Gasteiger partial charge in [0.15, 0.2) is 0 Å². The maximum absolute atomic E-state index is 12.2. The Balaban J connectivity index is 2.40. The fraction of sp³-hybridized carbons (Fsp3) is 0.471. The molecule has 0 aliphatic heterocycles. The lowest BCUT2D eigenvalue weighted by Crippen LogP contribution is -2.22. The van der Waals surface area contributed by atoms with Gasteiger partial charge in [-0.25, -0.2) is 0 Å². The van der Waals surface area contributed by atoms with E-state index in [-0.39, 0.29) is 11.8 Å². The lowest BCUT2D eigenvalue weighted by molar-refractivity contribution is -0.120. The number of amides is 1. The molecule has 0 aliphatic carbocycles. The van der Waals surface area contributed by atoms with E-state index in [0.29, 0.717) is 0 Å². The highest BCUT2D eigenvalue weighted by Crippen LogP contribution is 2.18. The van der Waals surface area contributed by atoms with Gasteiger partial charge in [-0.15, -0.1) is 0 Å². The Morgan fingerprint density at radius 3 is 2.60 bits per heavy atom. The maximum Gasteiger partial charge on any atom is 0.227 e. The Labute approximate surface area is 130 Å². The van der Waals surface area contributed by atoms with Crippen LogP contribution >= 0.6 is 15.9 Å². The van der Waals surface area contributed by atoms with Gasteiger partial charge in [-0.05, 0) is 56.9 Å². The van der Waals surface area contributed by atoms with Crippen molar-refractivity contribution in [3.05, 3.63) is 40.9 Å². The van der Waals surface area contributed by atoms with Crippen molar-refractivity contribution in [3.63, 3.8) is 0 Å².